The van der Waals surface area contributed by atoms with Gasteiger partial charge >= 0.3 is 11.9 Å². The summed E-state index contributed by atoms with van der Waals surface area (Å²) in [5.74, 6) is -1.21. The molecule has 3 rings (SSSR count). The van der Waals surface area contributed by atoms with Gasteiger partial charge in [0, 0.05) is 6.54 Å². The highest BCUT2D eigenvalue weighted by Crippen LogP contribution is 2.29. The Bertz CT molecular complexity index is 1020. The lowest BCUT2D eigenvalue weighted by atomic mass is 9.90. The molecule has 0 aromatic carbocycles. The van der Waals surface area contributed by atoms with Gasteiger partial charge in [-0.15, -0.1) is 11.6 Å². The molecular weight excluding hydrogens is 543 g/mol. The predicted molar refractivity (Wildman–Crippen MR) is 135 cm³/mol. The second kappa shape index (κ2) is 13.9. The van der Waals surface area contributed by atoms with Crippen LogP contribution in [0.1, 0.15) is 57.5 Å². The van der Waals surface area contributed by atoms with Crippen molar-refractivity contribution in [3.05, 3.63) is 22.1 Å². The Morgan fingerprint density at radius 3 is 2.51 bits per heavy atom. The smallest absolute Gasteiger partial charge is 0.441 e. The van der Waals surface area contributed by atoms with Gasteiger partial charge in [0.05, 0.1) is 24.2 Å². The molecule has 12 nitrogen and oxygen atoms in total. The largest absolute Gasteiger partial charge is 0.519 e. The van der Waals surface area contributed by atoms with E-state index < -0.39 is 72.5 Å². The van der Waals surface area contributed by atoms with Crippen molar-refractivity contribution >= 4 is 23.6 Å². The van der Waals surface area contributed by atoms with Gasteiger partial charge in [0.25, 0.3) is 0 Å². The highest BCUT2D eigenvalue weighted by molar-refractivity contribution is 6.21. The molecule has 0 unspecified atom stereocenters. The summed E-state index contributed by atoms with van der Waals surface area (Å²) >= 11 is 6.37. The van der Waals surface area contributed by atoms with Gasteiger partial charge in [0.2, 0.25) is 5.91 Å². The average Bonchev–Trinajstić information content (AvgIpc) is 3.08. The molecular formula is C25H38ClFN2O10. The molecule has 0 radical (unpaired) electrons. The number of hydrogen-bond acceptors (Lipinski definition) is 10. The number of ether oxygens (including phenoxy) is 2. The van der Waals surface area contributed by atoms with Crippen molar-refractivity contribution in [1.29, 1.82) is 0 Å². The summed E-state index contributed by atoms with van der Waals surface area (Å²) in [6, 6.07) is -1.97. The topological polar surface area (TPSA) is 172 Å². The van der Waals surface area contributed by atoms with E-state index in [-0.39, 0.29) is 37.0 Å². The van der Waals surface area contributed by atoms with Crippen LogP contribution in [0.5, 0.6) is 0 Å². The second-order valence-electron chi connectivity index (χ2n) is 10.3. The molecule has 0 spiro atoms. The monoisotopic (exact) mass is 580 g/mol. The van der Waals surface area contributed by atoms with Gasteiger partial charge in [0.15, 0.2) is 18.1 Å². The SMILES string of the molecule is Cc1oc(=O)oc1COC(=O)N1CC[C@@H](CCCF)CC[C@H]1C(=O)N[C@@H]([C@H]1O[C@H](C)[C@H](O)[C@@H](O)[C@H]1O)[C@H](C)Cl. The fourth-order valence-electron chi connectivity index (χ4n) is 5.13. The van der Waals surface area contributed by atoms with Crippen molar-refractivity contribution in [2.75, 3.05) is 13.2 Å². The van der Waals surface area contributed by atoms with Crippen LogP contribution in [0.2, 0.25) is 0 Å². The molecule has 4 N–H and O–H groups in total. The normalized spacial score (nSPS) is 31.3. The molecule has 2 fully saturated rings. The number of nitrogens with one attached hydrogen (secondary N) is 1. The number of nitrogens with zero attached hydrogens (tertiary/aromatic N) is 1. The molecule has 2 saturated heterocycles. The molecule has 222 valence electrons. The number of likely N-dealkylation sites (tertiary alicyclic amines) is 1. The van der Waals surface area contributed by atoms with Crippen LogP contribution >= 0.6 is 11.6 Å². The van der Waals surface area contributed by atoms with Crippen LogP contribution < -0.4 is 11.1 Å². The molecule has 2 amide bonds. The number of rotatable bonds is 9. The third kappa shape index (κ3) is 7.72. The van der Waals surface area contributed by atoms with Crippen LogP contribution in [0.3, 0.4) is 0 Å². The number of aliphatic hydroxyl groups is 3. The van der Waals surface area contributed by atoms with Crippen molar-refractivity contribution in [1.82, 2.24) is 10.2 Å². The van der Waals surface area contributed by atoms with Crippen molar-refractivity contribution in [3.63, 3.8) is 0 Å². The first-order valence-corrected chi connectivity index (χ1v) is 13.6. The van der Waals surface area contributed by atoms with E-state index in [9.17, 15) is 34.1 Å². The summed E-state index contributed by atoms with van der Waals surface area (Å²) in [6.07, 6.45) is -4.84. The minimum absolute atomic E-state index is 0.0410. The zero-order valence-corrected chi connectivity index (χ0v) is 23.0. The number of carbonyl (C=O) groups excluding carboxylic acids is 2. The Morgan fingerprint density at radius 2 is 1.90 bits per heavy atom. The van der Waals surface area contributed by atoms with Crippen LogP contribution in [0.25, 0.3) is 0 Å². The molecule has 3 heterocycles. The molecule has 1 aromatic rings. The Balaban J connectivity index is 1.78. The summed E-state index contributed by atoms with van der Waals surface area (Å²) in [4.78, 5) is 39.3. The minimum Gasteiger partial charge on any atom is -0.441 e. The molecule has 0 bridgehead atoms. The maximum atomic E-state index is 13.6. The van der Waals surface area contributed by atoms with Crippen LogP contribution in [0.15, 0.2) is 13.6 Å². The summed E-state index contributed by atoms with van der Waals surface area (Å²) in [7, 11) is 0. The molecule has 9 atom stereocenters. The van der Waals surface area contributed by atoms with Crippen molar-refractivity contribution in [2.24, 2.45) is 5.92 Å². The van der Waals surface area contributed by atoms with E-state index in [0.717, 1.165) is 0 Å². The van der Waals surface area contributed by atoms with Crippen LogP contribution in [0.4, 0.5) is 9.18 Å². The lowest BCUT2D eigenvalue weighted by Crippen LogP contribution is -2.65. The zero-order chi connectivity index (χ0) is 28.9. The summed E-state index contributed by atoms with van der Waals surface area (Å²) in [5, 5.41) is 32.9. The maximum Gasteiger partial charge on any atom is 0.519 e. The van der Waals surface area contributed by atoms with Crippen LogP contribution in [-0.2, 0) is 20.9 Å². The Kier molecular flexibility index (Phi) is 11.2. The maximum absolute atomic E-state index is 13.6. The van der Waals surface area contributed by atoms with Gasteiger partial charge in [-0.2, -0.15) is 0 Å². The highest BCUT2D eigenvalue weighted by atomic mass is 35.5. The first-order valence-electron chi connectivity index (χ1n) is 13.2. The first kappa shape index (κ1) is 31.3. The van der Waals surface area contributed by atoms with Gasteiger partial charge in [-0.25, -0.2) is 9.59 Å². The number of hydrogen-bond donors (Lipinski definition) is 4. The number of amides is 2. The third-order valence-electron chi connectivity index (χ3n) is 7.50. The predicted octanol–water partition coefficient (Wildman–Crippen LogP) is 1.38. The molecule has 0 aliphatic carbocycles. The standard InChI is InChI=1S/C25H38ClFN2O10/c1-12(26)18(22-21(32)20(31)19(30)14(3)37-22)28-23(33)16-7-6-15(5-4-9-27)8-10-29(16)24(34)36-11-17-13(2)38-25(35)39-17/h12,14-16,18-22,30-32H,4-11H2,1-3H3,(H,28,33)/t12-,14+,15-,16-,18+,19-,20+,21+,22+/m0/s1. The fraction of sp³-hybridized carbons (Fsp3) is 0.800. The van der Waals surface area contributed by atoms with E-state index in [4.69, 9.17) is 29.9 Å². The number of aryl methyl sites for hydroxylation is 1. The summed E-state index contributed by atoms with van der Waals surface area (Å²) in [6.45, 7) is 3.91. The molecule has 39 heavy (non-hydrogen) atoms. The zero-order valence-electron chi connectivity index (χ0n) is 22.3. The Hall–Kier alpha value is -2.19. The molecule has 1 aromatic heterocycles. The van der Waals surface area contributed by atoms with E-state index in [1.165, 1.54) is 18.7 Å². The van der Waals surface area contributed by atoms with Gasteiger partial charge < -0.3 is 38.9 Å². The number of halogens is 2. The quantitative estimate of drug-likeness (QED) is 0.313. The summed E-state index contributed by atoms with van der Waals surface area (Å²) in [5.41, 5.74) is 0. The number of alkyl halides is 2. The van der Waals surface area contributed by atoms with Gasteiger partial charge in [-0.05, 0) is 58.8 Å². The van der Waals surface area contributed by atoms with E-state index in [1.54, 1.807) is 6.92 Å². The van der Waals surface area contributed by atoms with E-state index in [0.29, 0.717) is 25.7 Å². The van der Waals surface area contributed by atoms with E-state index >= 15 is 0 Å². The third-order valence-corrected chi connectivity index (χ3v) is 7.77. The number of aliphatic hydroxyl groups excluding tert-OH is 3. The molecule has 0 saturated carbocycles. The van der Waals surface area contributed by atoms with Crippen molar-refractivity contribution < 1.29 is 47.6 Å². The lowest BCUT2D eigenvalue weighted by Gasteiger charge is -2.43. The van der Waals surface area contributed by atoms with E-state index in [2.05, 4.69) is 5.32 Å². The lowest BCUT2D eigenvalue weighted by molar-refractivity contribution is -0.223. The molecule has 2 aliphatic heterocycles. The molecule has 2 aliphatic rings. The number of carbonyl (C=O) groups is 2. The second-order valence-corrected chi connectivity index (χ2v) is 10.9. The highest BCUT2D eigenvalue weighted by Gasteiger charge is 2.47. The fourth-order valence-corrected chi connectivity index (χ4v) is 5.34. The van der Waals surface area contributed by atoms with Crippen molar-refractivity contribution in [2.45, 2.75) is 107 Å². The van der Waals surface area contributed by atoms with Gasteiger partial charge in [-0.1, -0.05) is 0 Å². The van der Waals surface area contributed by atoms with Crippen LogP contribution in [-0.4, -0.2) is 93.4 Å². The minimum atomic E-state index is -1.53. The Labute approximate surface area is 230 Å². The van der Waals surface area contributed by atoms with Gasteiger partial charge in [0.1, 0.15) is 30.5 Å². The molecule has 14 heteroatoms. The van der Waals surface area contributed by atoms with Crippen molar-refractivity contribution in [3.8, 4) is 0 Å². The first-order chi connectivity index (χ1) is 18.4. The van der Waals surface area contributed by atoms with Crippen LogP contribution in [0, 0.1) is 12.8 Å². The Morgan fingerprint density at radius 1 is 1.18 bits per heavy atom. The average molecular weight is 581 g/mol. The van der Waals surface area contributed by atoms with Gasteiger partial charge in [-0.3, -0.25) is 14.1 Å². The van der Waals surface area contributed by atoms with E-state index in [1.807, 2.05) is 0 Å². The summed E-state index contributed by atoms with van der Waals surface area (Å²) < 4.78 is 33.5.